The van der Waals surface area contributed by atoms with Crippen molar-refractivity contribution in [2.75, 3.05) is 13.1 Å². The number of nitrogens with two attached hydrogens (primary N) is 1. The molecule has 0 radical (unpaired) electrons. The van der Waals surface area contributed by atoms with Gasteiger partial charge in [0.2, 0.25) is 5.91 Å². The molecule has 0 heterocycles. The van der Waals surface area contributed by atoms with Gasteiger partial charge in [0.15, 0.2) is 0 Å². The first kappa shape index (κ1) is 22.2. The van der Waals surface area contributed by atoms with Crippen LogP contribution in [0.4, 0.5) is 4.79 Å². The van der Waals surface area contributed by atoms with E-state index in [1.54, 1.807) is 20.8 Å². The quantitative estimate of drug-likeness (QED) is 0.418. The highest BCUT2D eigenvalue weighted by Crippen LogP contribution is 2.07. The van der Waals surface area contributed by atoms with E-state index in [1.165, 1.54) is 0 Å². The van der Waals surface area contributed by atoms with Gasteiger partial charge in [-0.2, -0.15) is 0 Å². The molecule has 0 aliphatic heterocycles. The lowest BCUT2D eigenvalue weighted by molar-refractivity contribution is -0.142. The van der Waals surface area contributed by atoms with Gasteiger partial charge in [-0.25, -0.2) is 9.59 Å². The van der Waals surface area contributed by atoms with Crippen molar-refractivity contribution in [3.05, 3.63) is 0 Å². The van der Waals surface area contributed by atoms with Gasteiger partial charge >= 0.3 is 12.1 Å². The molecule has 5 N–H and O–H groups in total. The van der Waals surface area contributed by atoms with E-state index in [4.69, 9.17) is 15.6 Å². The van der Waals surface area contributed by atoms with Crippen molar-refractivity contribution in [1.29, 1.82) is 0 Å². The monoisotopic (exact) mass is 345 g/mol. The number of nitrogens with one attached hydrogen (secondary N) is 2. The Hall–Kier alpha value is -1.83. The second-order valence-corrected chi connectivity index (χ2v) is 6.63. The smallest absolute Gasteiger partial charge is 0.407 e. The van der Waals surface area contributed by atoms with E-state index in [0.717, 1.165) is 6.42 Å². The number of carbonyl (C=O) groups is 3. The fraction of sp³-hybridized carbons (Fsp3) is 0.812. The molecule has 0 fully saturated rings. The lowest BCUT2D eigenvalue weighted by Gasteiger charge is -2.19. The fourth-order valence-corrected chi connectivity index (χ4v) is 1.93. The lowest BCUT2D eigenvalue weighted by Crippen LogP contribution is -2.40. The summed E-state index contributed by atoms with van der Waals surface area (Å²) in [6.45, 7) is 6.24. The van der Waals surface area contributed by atoms with Crippen molar-refractivity contribution >= 4 is 18.0 Å². The topological polar surface area (TPSA) is 131 Å². The number of carbonyl (C=O) groups excluding carboxylic acids is 2. The third-order valence-corrected chi connectivity index (χ3v) is 3.08. The molecule has 24 heavy (non-hydrogen) atoms. The normalized spacial score (nSPS) is 12.3. The van der Waals surface area contributed by atoms with Crippen LogP contribution in [0.15, 0.2) is 0 Å². The maximum atomic E-state index is 11.7. The number of alkyl carbamates (subject to hydrolysis) is 1. The molecular weight excluding hydrogens is 314 g/mol. The second kappa shape index (κ2) is 11.7. The van der Waals surface area contributed by atoms with E-state index in [1.807, 2.05) is 0 Å². The summed E-state index contributed by atoms with van der Waals surface area (Å²) >= 11 is 0. The summed E-state index contributed by atoms with van der Waals surface area (Å²) in [5.41, 5.74) is 4.80. The molecular formula is C16H31N3O5. The van der Waals surface area contributed by atoms with Gasteiger partial charge < -0.3 is 26.2 Å². The molecule has 0 aliphatic rings. The van der Waals surface area contributed by atoms with Crippen LogP contribution >= 0.6 is 0 Å². The molecule has 0 spiro atoms. The zero-order chi connectivity index (χ0) is 18.6. The fourth-order valence-electron chi connectivity index (χ4n) is 1.93. The van der Waals surface area contributed by atoms with Gasteiger partial charge in [-0.15, -0.1) is 0 Å². The molecule has 2 amide bonds. The number of aliphatic carboxylic acids is 1. The van der Waals surface area contributed by atoms with E-state index < -0.39 is 23.7 Å². The molecule has 1 unspecified atom stereocenters. The number of hydrogen-bond donors (Lipinski definition) is 4. The third-order valence-electron chi connectivity index (χ3n) is 3.08. The van der Waals surface area contributed by atoms with Crippen molar-refractivity contribution in [3.63, 3.8) is 0 Å². The number of hydrogen-bond acceptors (Lipinski definition) is 5. The van der Waals surface area contributed by atoms with E-state index in [0.29, 0.717) is 38.8 Å². The molecule has 8 nitrogen and oxygen atoms in total. The summed E-state index contributed by atoms with van der Waals surface area (Å²) in [6.07, 6.45) is 2.65. The van der Waals surface area contributed by atoms with Crippen LogP contribution in [-0.4, -0.2) is 47.8 Å². The Labute approximate surface area is 143 Å². The number of rotatable bonds is 11. The van der Waals surface area contributed by atoms with Crippen molar-refractivity contribution < 1.29 is 24.2 Å². The average molecular weight is 345 g/mol. The minimum absolute atomic E-state index is 0.275. The van der Waals surface area contributed by atoms with Gasteiger partial charge in [0.05, 0.1) is 0 Å². The molecule has 0 saturated heterocycles. The van der Waals surface area contributed by atoms with E-state index in [2.05, 4.69) is 10.6 Å². The summed E-state index contributed by atoms with van der Waals surface area (Å²) in [5.74, 6) is -1.33. The molecule has 0 aromatic rings. The Kier molecular flexibility index (Phi) is 10.8. The Morgan fingerprint density at radius 1 is 1.12 bits per heavy atom. The minimum atomic E-state index is -1.05. The standard InChI is InChI=1S/C16H31N3O5/c1-16(2,3)24-15(23)18-11-7-5-8-12(14(21)22)19-13(20)9-4-6-10-17/h12H,4-11,17H2,1-3H3,(H,18,23)(H,19,20)(H,21,22). The second-order valence-electron chi connectivity index (χ2n) is 6.63. The number of carboxylic acids is 1. The Bertz CT molecular complexity index is 407. The minimum Gasteiger partial charge on any atom is -0.480 e. The number of carboxylic acid groups (broad SMARTS) is 1. The maximum Gasteiger partial charge on any atom is 0.407 e. The molecule has 1 atom stereocenters. The number of unbranched alkanes of at least 4 members (excludes halogenated alkanes) is 2. The van der Waals surface area contributed by atoms with Crippen LogP contribution in [0.2, 0.25) is 0 Å². The van der Waals surface area contributed by atoms with E-state index in [-0.39, 0.29) is 12.3 Å². The zero-order valence-electron chi connectivity index (χ0n) is 14.9. The van der Waals surface area contributed by atoms with E-state index >= 15 is 0 Å². The largest absolute Gasteiger partial charge is 0.480 e. The summed E-state index contributed by atoms with van der Waals surface area (Å²) in [4.78, 5) is 34.3. The molecule has 0 aromatic heterocycles. The molecule has 0 aliphatic carbocycles. The summed E-state index contributed by atoms with van der Waals surface area (Å²) in [5, 5.41) is 14.3. The summed E-state index contributed by atoms with van der Waals surface area (Å²) < 4.78 is 5.09. The third kappa shape index (κ3) is 12.7. The summed E-state index contributed by atoms with van der Waals surface area (Å²) in [6, 6.07) is -0.906. The molecule has 0 rings (SSSR count). The van der Waals surface area contributed by atoms with Crippen LogP contribution in [-0.2, 0) is 14.3 Å². The first-order valence-corrected chi connectivity index (χ1v) is 8.35. The van der Waals surface area contributed by atoms with Crippen molar-refractivity contribution in [2.24, 2.45) is 5.73 Å². The Morgan fingerprint density at radius 2 is 1.79 bits per heavy atom. The average Bonchev–Trinajstić information content (AvgIpc) is 2.43. The predicted octanol–water partition coefficient (Wildman–Crippen LogP) is 1.38. The Balaban J connectivity index is 3.96. The molecule has 140 valence electrons. The van der Waals surface area contributed by atoms with Crippen LogP contribution < -0.4 is 16.4 Å². The molecule has 0 saturated carbocycles. The van der Waals surface area contributed by atoms with Gasteiger partial charge in [0, 0.05) is 13.0 Å². The molecule has 8 heteroatoms. The van der Waals surface area contributed by atoms with E-state index in [9.17, 15) is 14.4 Å². The SMILES string of the molecule is CC(C)(C)OC(=O)NCCCCC(NC(=O)CCCCN)C(=O)O. The molecule has 0 aromatic carbocycles. The highest BCUT2D eigenvalue weighted by molar-refractivity contribution is 5.83. The van der Waals surface area contributed by atoms with Crippen molar-refractivity contribution in [2.45, 2.75) is 70.9 Å². The van der Waals surface area contributed by atoms with Crippen LogP contribution in [0.5, 0.6) is 0 Å². The van der Waals surface area contributed by atoms with Crippen LogP contribution in [0, 0.1) is 0 Å². The first-order valence-electron chi connectivity index (χ1n) is 8.35. The van der Waals surface area contributed by atoms with Crippen LogP contribution in [0.1, 0.15) is 59.3 Å². The van der Waals surface area contributed by atoms with Crippen LogP contribution in [0.25, 0.3) is 0 Å². The summed E-state index contributed by atoms with van der Waals surface area (Å²) in [7, 11) is 0. The lowest BCUT2D eigenvalue weighted by atomic mass is 10.1. The van der Waals surface area contributed by atoms with Crippen molar-refractivity contribution in [3.8, 4) is 0 Å². The first-order chi connectivity index (χ1) is 11.2. The predicted molar refractivity (Wildman–Crippen MR) is 90.6 cm³/mol. The Morgan fingerprint density at radius 3 is 2.33 bits per heavy atom. The van der Waals surface area contributed by atoms with Gasteiger partial charge in [0.1, 0.15) is 11.6 Å². The number of ether oxygens (including phenoxy) is 1. The van der Waals surface area contributed by atoms with Crippen LogP contribution in [0.3, 0.4) is 0 Å². The number of amides is 2. The van der Waals surface area contributed by atoms with Crippen molar-refractivity contribution in [1.82, 2.24) is 10.6 Å². The van der Waals surface area contributed by atoms with Gasteiger partial charge in [-0.05, 0) is 59.4 Å². The van der Waals surface area contributed by atoms with Gasteiger partial charge in [-0.1, -0.05) is 0 Å². The maximum absolute atomic E-state index is 11.7. The van der Waals surface area contributed by atoms with Gasteiger partial charge in [0.25, 0.3) is 0 Å². The molecule has 0 bridgehead atoms. The highest BCUT2D eigenvalue weighted by Gasteiger charge is 2.19. The highest BCUT2D eigenvalue weighted by atomic mass is 16.6. The van der Waals surface area contributed by atoms with Gasteiger partial charge in [-0.3, -0.25) is 4.79 Å². The zero-order valence-corrected chi connectivity index (χ0v) is 14.9.